The number of ether oxygens (including phenoxy) is 2. The second kappa shape index (κ2) is 10.1. The van der Waals surface area contributed by atoms with Gasteiger partial charge in [0, 0.05) is 12.1 Å². The van der Waals surface area contributed by atoms with Gasteiger partial charge < -0.3 is 9.47 Å². The highest BCUT2D eigenvalue weighted by molar-refractivity contribution is 5.64. The van der Waals surface area contributed by atoms with Crippen molar-refractivity contribution in [3.05, 3.63) is 108 Å². The van der Waals surface area contributed by atoms with E-state index in [0.717, 1.165) is 34.4 Å². The second-order valence-corrected chi connectivity index (χ2v) is 11.1. The number of rotatable bonds is 6. The van der Waals surface area contributed by atoms with E-state index in [1.165, 1.54) is 11.1 Å². The minimum Gasteiger partial charge on any atom is -0.457 e. The van der Waals surface area contributed by atoms with Crippen LogP contribution in [0.15, 0.2) is 97.1 Å². The van der Waals surface area contributed by atoms with Gasteiger partial charge in [-0.1, -0.05) is 77.9 Å². The molecule has 0 atom stereocenters. The molecule has 0 saturated carbocycles. The lowest BCUT2D eigenvalue weighted by Gasteiger charge is -2.22. The van der Waals surface area contributed by atoms with Gasteiger partial charge in [-0.3, -0.25) is 5.01 Å². The SMILES string of the molecule is CC(C)(C)c1cccc(Oc2cccc(N(N)c3cccc(Oc4cccc(C(C)(C)C)c4)c3)c2)c1. The summed E-state index contributed by atoms with van der Waals surface area (Å²) in [6.45, 7) is 13.2. The second-order valence-electron chi connectivity index (χ2n) is 11.1. The first kappa shape index (κ1) is 25.3. The van der Waals surface area contributed by atoms with Crippen molar-refractivity contribution in [2.75, 3.05) is 5.01 Å². The lowest BCUT2D eigenvalue weighted by molar-refractivity contribution is 0.478. The molecule has 4 rings (SSSR count). The van der Waals surface area contributed by atoms with Crippen molar-refractivity contribution >= 4 is 11.4 Å². The van der Waals surface area contributed by atoms with Crippen molar-refractivity contribution in [3.63, 3.8) is 0 Å². The van der Waals surface area contributed by atoms with Crippen molar-refractivity contribution in [3.8, 4) is 23.0 Å². The van der Waals surface area contributed by atoms with Crippen molar-refractivity contribution in [1.82, 2.24) is 0 Å². The molecule has 0 amide bonds. The maximum atomic E-state index is 6.53. The Morgan fingerprint density at radius 3 is 1.19 bits per heavy atom. The van der Waals surface area contributed by atoms with E-state index in [1.54, 1.807) is 5.01 Å². The van der Waals surface area contributed by atoms with Gasteiger partial charge in [0.25, 0.3) is 0 Å². The Balaban J connectivity index is 1.52. The predicted molar refractivity (Wildman–Crippen MR) is 150 cm³/mol. The van der Waals surface area contributed by atoms with Gasteiger partial charge in [-0.25, -0.2) is 5.84 Å². The third-order valence-electron chi connectivity index (χ3n) is 6.06. The summed E-state index contributed by atoms with van der Waals surface area (Å²) >= 11 is 0. The van der Waals surface area contributed by atoms with Crippen LogP contribution >= 0.6 is 0 Å². The van der Waals surface area contributed by atoms with E-state index >= 15 is 0 Å². The molecular formula is C32H36N2O2. The van der Waals surface area contributed by atoms with Crippen molar-refractivity contribution < 1.29 is 9.47 Å². The van der Waals surface area contributed by atoms with Gasteiger partial charge in [0.1, 0.15) is 23.0 Å². The fourth-order valence-electron chi connectivity index (χ4n) is 3.87. The molecule has 0 fully saturated rings. The number of anilines is 2. The molecule has 0 aliphatic rings. The monoisotopic (exact) mass is 480 g/mol. The van der Waals surface area contributed by atoms with Crippen LogP contribution in [0.2, 0.25) is 0 Å². The number of hydrogen-bond donors (Lipinski definition) is 1. The summed E-state index contributed by atoms with van der Waals surface area (Å²) in [4.78, 5) is 0. The van der Waals surface area contributed by atoms with Gasteiger partial charge in [-0.15, -0.1) is 0 Å². The average Bonchev–Trinajstić information content (AvgIpc) is 2.83. The maximum Gasteiger partial charge on any atom is 0.129 e. The highest BCUT2D eigenvalue weighted by atomic mass is 16.5. The Kier molecular flexibility index (Phi) is 7.09. The Hall–Kier alpha value is -3.76. The molecule has 0 unspecified atom stereocenters. The number of nitrogens with zero attached hydrogens (tertiary/aromatic N) is 1. The zero-order chi connectivity index (χ0) is 25.9. The van der Waals surface area contributed by atoms with Crippen LogP contribution in [0.25, 0.3) is 0 Å². The molecule has 4 nitrogen and oxygen atoms in total. The van der Waals surface area contributed by atoms with Crippen molar-refractivity contribution in [2.45, 2.75) is 52.4 Å². The molecule has 186 valence electrons. The van der Waals surface area contributed by atoms with Crippen molar-refractivity contribution in [2.24, 2.45) is 5.84 Å². The highest BCUT2D eigenvalue weighted by Gasteiger charge is 2.16. The van der Waals surface area contributed by atoms with Gasteiger partial charge in [-0.05, 0) is 70.5 Å². The molecule has 0 aliphatic carbocycles. The number of benzene rings is 4. The van der Waals surface area contributed by atoms with Crippen molar-refractivity contribution in [1.29, 1.82) is 0 Å². The molecular weight excluding hydrogens is 444 g/mol. The van der Waals surface area contributed by atoms with E-state index in [9.17, 15) is 0 Å². The van der Waals surface area contributed by atoms with Crippen LogP contribution in [-0.4, -0.2) is 0 Å². The van der Waals surface area contributed by atoms with E-state index in [4.69, 9.17) is 15.3 Å². The molecule has 4 aromatic rings. The normalized spacial score (nSPS) is 11.8. The average molecular weight is 481 g/mol. The number of hydrogen-bond acceptors (Lipinski definition) is 4. The Morgan fingerprint density at radius 1 is 0.500 bits per heavy atom. The molecule has 2 N–H and O–H groups in total. The molecule has 0 aromatic heterocycles. The Labute approximate surface area is 215 Å². The first-order valence-corrected chi connectivity index (χ1v) is 12.3. The summed E-state index contributed by atoms with van der Waals surface area (Å²) in [5.74, 6) is 9.57. The van der Waals surface area contributed by atoms with E-state index in [-0.39, 0.29) is 10.8 Å². The molecule has 0 radical (unpaired) electrons. The summed E-state index contributed by atoms with van der Waals surface area (Å²) in [5.41, 5.74) is 4.17. The maximum absolute atomic E-state index is 6.53. The standard InChI is InChI=1S/C32H36N2O2/c1-31(2,3)23-11-7-15-27(19-23)35-29-17-9-13-25(21-29)34(33)26-14-10-18-30(22-26)36-28-16-8-12-24(20-28)32(4,5)6/h7-22H,33H2,1-6H3. The molecule has 4 heteroatoms. The van der Waals surface area contributed by atoms with Crippen LogP contribution in [0, 0.1) is 0 Å². The molecule has 0 spiro atoms. The quantitative estimate of drug-likeness (QED) is 0.221. The Bertz CT molecular complexity index is 1230. The fraction of sp³-hybridized carbons (Fsp3) is 0.250. The van der Waals surface area contributed by atoms with Crippen LogP contribution in [0.4, 0.5) is 11.4 Å². The summed E-state index contributed by atoms with van der Waals surface area (Å²) < 4.78 is 12.4. The topological polar surface area (TPSA) is 47.7 Å². The third kappa shape index (κ3) is 6.27. The van der Waals surface area contributed by atoms with E-state index in [0.29, 0.717) is 0 Å². The van der Waals surface area contributed by atoms with Crippen LogP contribution in [-0.2, 0) is 10.8 Å². The molecule has 36 heavy (non-hydrogen) atoms. The molecule has 4 aromatic carbocycles. The van der Waals surface area contributed by atoms with Gasteiger partial charge in [0.05, 0.1) is 11.4 Å². The minimum absolute atomic E-state index is 0.0520. The van der Waals surface area contributed by atoms with Gasteiger partial charge in [0.15, 0.2) is 0 Å². The molecule has 0 saturated heterocycles. The van der Waals surface area contributed by atoms with Crippen LogP contribution < -0.4 is 20.3 Å². The van der Waals surface area contributed by atoms with E-state index in [1.807, 2.05) is 72.8 Å². The fourth-order valence-corrected chi connectivity index (χ4v) is 3.87. The minimum atomic E-state index is 0.0520. The molecule has 0 heterocycles. The van der Waals surface area contributed by atoms with E-state index < -0.39 is 0 Å². The van der Waals surface area contributed by atoms with Gasteiger partial charge in [0.2, 0.25) is 0 Å². The summed E-state index contributed by atoms with van der Waals surface area (Å²) in [7, 11) is 0. The van der Waals surface area contributed by atoms with Gasteiger partial charge >= 0.3 is 0 Å². The third-order valence-corrected chi connectivity index (χ3v) is 6.06. The van der Waals surface area contributed by atoms with Crippen LogP contribution in [0.5, 0.6) is 23.0 Å². The zero-order valence-electron chi connectivity index (χ0n) is 22.1. The summed E-state index contributed by atoms with van der Waals surface area (Å²) in [6, 6.07) is 31.9. The highest BCUT2D eigenvalue weighted by Crippen LogP contribution is 2.33. The van der Waals surface area contributed by atoms with E-state index in [2.05, 4.69) is 65.8 Å². The number of nitrogens with two attached hydrogens (primary N) is 1. The van der Waals surface area contributed by atoms with Gasteiger partial charge in [-0.2, -0.15) is 0 Å². The Morgan fingerprint density at radius 2 is 0.833 bits per heavy atom. The zero-order valence-corrected chi connectivity index (χ0v) is 22.1. The summed E-state index contributed by atoms with van der Waals surface area (Å²) in [5, 5.41) is 1.64. The molecule has 0 aliphatic heterocycles. The molecule has 0 bridgehead atoms. The lowest BCUT2D eigenvalue weighted by Crippen LogP contribution is -2.24. The smallest absolute Gasteiger partial charge is 0.129 e. The largest absolute Gasteiger partial charge is 0.457 e. The first-order valence-electron chi connectivity index (χ1n) is 12.3. The predicted octanol–water partition coefficient (Wildman–Crippen LogP) is 8.88. The van der Waals surface area contributed by atoms with Crippen LogP contribution in [0.3, 0.4) is 0 Å². The lowest BCUT2D eigenvalue weighted by atomic mass is 9.87. The van der Waals surface area contributed by atoms with Crippen LogP contribution in [0.1, 0.15) is 52.7 Å². The summed E-state index contributed by atoms with van der Waals surface area (Å²) in [6.07, 6.45) is 0. The number of hydrazine groups is 1. The first-order chi connectivity index (χ1) is 17.0.